The number of anilines is 2. The predicted octanol–water partition coefficient (Wildman–Crippen LogP) is 2.98. The lowest BCUT2D eigenvalue weighted by atomic mass is 10.1. The van der Waals surface area contributed by atoms with Crippen LogP contribution in [-0.2, 0) is 0 Å². The van der Waals surface area contributed by atoms with E-state index in [1.165, 1.54) is 19.2 Å². The Morgan fingerprint density at radius 1 is 1.25 bits per heavy atom. The van der Waals surface area contributed by atoms with Crippen molar-refractivity contribution in [3.63, 3.8) is 0 Å². The number of rotatable bonds is 3. The summed E-state index contributed by atoms with van der Waals surface area (Å²) in [5.41, 5.74) is 7.37. The SMILES string of the molecule is COc1ccc(NC(=O)c2ccc(C)cc2F)cc1N. The number of carbonyl (C=O) groups excluding carboxylic acids is 1. The molecule has 3 N–H and O–H groups in total. The molecule has 0 saturated heterocycles. The van der Waals surface area contributed by atoms with Gasteiger partial charge in [0.15, 0.2) is 0 Å². The topological polar surface area (TPSA) is 64.3 Å². The van der Waals surface area contributed by atoms with Crippen molar-refractivity contribution in [3.8, 4) is 5.75 Å². The summed E-state index contributed by atoms with van der Waals surface area (Å²) in [6.45, 7) is 1.76. The van der Waals surface area contributed by atoms with E-state index in [2.05, 4.69) is 5.32 Å². The zero-order valence-corrected chi connectivity index (χ0v) is 11.2. The van der Waals surface area contributed by atoms with Crippen molar-refractivity contribution in [2.24, 2.45) is 0 Å². The van der Waals surface area contributed by atoms with Gasteiger partial charge in [-0.2, -0.15) is 0 Å². The van der Waals surface area contributed by atoms with Gasteiger partial charge in [-0.1, -0.05) is 6.07 Å². The lowest BCUT2D eigenvalue weighted by molar-refractivity contribution is 0.102. The summed E-state index contributed by atoms with van der Waals surface area (Å²) in [7, 11) is 1.51. The van der Waals surface area contributed by atoms with Crippen molar-refractivity contribution in [1.29, 1.82) is 0 Å². The Morgan fingerprint density at radius 3 is 2.60 bits per heavy atom. The van der Waals surface area contributed by atoms with Crippen LogP contribution >= 0.6 is 0 Å². The van der Waals surface area contributed by atoms with E-state index < -0.39 is 11.7 Å². The molecule has 0 aromatic heterocycles. The molecule has 0 atom stereocenters. The zero-order valence-electron chi connectivity index (χ0n) is 11.2. The van der Waals surface area contributed by atoms with E-state index in [9.17, 15) is 9.18 Å². The van der Waals surface area contributed by atoms with Gasteiger partial charge in [0.05, 0.1) is 18.4 Å². The average Bonchev–Trinajstić information content (AvgIpc) is 2.38. The van der Waals surface area contributed by atoms with Crippen LogP contribution in [0.1, 0.15) is 15.9 Å². The molecule has 0 radical (unpaired) electrons. The number of amides is 1. The van der Waals surface area contributed by atoms with Crippen LogP contribution in [0.3, 0.4) is 0 Å². The van der Waals surface area contributed by atoms with Crippen LogP contribution in [0.15, 0.2) is 36.4 Å². The first kappa shape index (κ1) is 13.9. The van der Waals surface area contributed by atoms with E-state index in [4.69, 9.17) is 10.5 Å². The lowest BCUT2D eigenvalue weighted by Gasteiger charge is -2.09. The van der Waals surface area contributed by atoms with Gasteiger partial charge in [0, 0.05) is 5.69 Å². The molecule has 2 aromatic carbocycles. The Bertz CT molecular complexity index is 656. The van der Waals surface area contributed by atoms with Crippen LogP contribution in [0.25, 0.3) is 0 Å². The Balaban J connectivity index is 2.21. The molecule has 0 spiro atoms. The van der Waals surface area contributed by atoms with E-state index in [-0.39, 0.29) is 5.56 Å². The molecule has 1 amide bonds. The second kappa shape index (κ2) is 5.61. The minimum atomic E-state index is -0.552. The second-order valence-electron chi connectivity index (χ2n) is 4.39. The van der Waals surface area contributed by atoms with Crippen LogP contribution in [0.5, 0.6) is 5.75 Å². The number of carbonyl (C=O) groups is 1. The highest BCUT2D eigenvalue weighted by molar-refractivity contribution is 6.04. The Hall–Kier alpha value is -2.56. The first-order chi connectivity index (χ1) is 9.51. The fourth-order valence-corrected chi connectivity index (χ4v) is 1.81. The summed E-state index contributed by atoms with van der Waals surface area (Å²) in [6.07, 6.45) is 0. The van der Waals surface area contributed by atoms with Crippen LogP contribution in [0.2, 0.25) is 0 Å². The first-order valence-electron chi connectivity index (χ1n) is 6.02. The summed E-state index contributed by atoms with van der Waals surface area (Å²) >= 11 is 0. The van der Waals surface area contributed by atoms with Gasteiger partial charge in [-0.15, -0.1) is 0 Å². The number of halogens is 1. The van der Waals surface area contributed by atoms with Gasteiger partial charge >= 0.3 is 0 Å². The van der Waals surface area contributed by atoms with Crippen molar-refractivity contribution in [2.75, 3.05) is 18.2 Å². The minimum Gasteiger partial charge on any atom is -0.495 e. The number of methoxy groups -OCH3 is 1. The lowest BCUT2D eigenvalue weighted by Crippen LogP contribution is -2.14. The zero-order chi connectivity index (χ0) is 14.7. The molecule has 0 aliphatic carbocycles. The minimum absolute atomic E-state index is 0.00927. The third-order valence-electron chi connectivity index (χ3n) is 2.86. The molecule has 0 bridgehead atoms. The van der Waals surface area contributed by atoms with E-state index >= 15 is 0 Å². The highest BCUT2D eigenvalue weighted by atomic mass is 19.1. The molecule has 2 aromatic rings. The summed E-state index contributed by atoms with van der Waals surface area (Å²) in [5, 5.41) is 2.60. The number of benzene rings is 2. The van der Waals surface area contributed by atoms with Crippen LogP contribution < -0.4 is 15.8 Å². The highest BCUT2D eigenvalue weighted by Crippen LogP contribution is 2.25. The third-order valence-corrected chi connectivity index (χ3v) is 2.86. The van der Waals surface area contributed by atoms with E-state index in [1.54, 1.807) is 31.2 Å². The number of nitrogens with one attached hydrogen (secondary N) is 1. The molecule has 0 fully saturated rings. The van der Waals surface area contributed by atoms with Crippen LogP contribution in [0.4, 0.5) is 15.8 Å². The summed E-state index contributed by atoms with van der Waals surface area (Å²) in [4.78, 5) is 12.0. The van der Waals surface area contributed by atoms with Gasteiger partial charge in [0.2, 0.25) is 0 Å². The Kier molecular flexibility index (Phi) is 3.89. The number of nitrogen functional groups attached to an aromatic ring is 1. The highest BCUT2D eigenvalue weighted by Gasteiger charge is 2.12. The van der Waals surface area contributed by atoms with Crippen molar-refractivity contribution in [3.05, 3.63) is 53.3 Å². The van der Waals surface area contributed by atoms with Crippen molar-refractivity contribution in [2.45, 2.75) is 6.92 Å². The molecule has 104 valence electrons. The second-order valence-corrected chi connectivity index (χ2v) is 4.39. The maximum atomic E-state index is 13.7. The molecule has 4 nitrogen and oxygen atoms in total. The van der Waals surface area contributed by atoms with E-state index in [1.807, 2.05) is 0 Å². The largest absolute Gasteiger partial charge is 0.495 e. The average molecular weight is 274 g/mol. The molecule has 0 heterocycles. The fraction of sp³-hybridized carbons (Fsp3) is 0.133. The van der Waals surface area contributed by atoms with Crippen molar-refractivity contribution >= 4 is 17.3 Å². The first-order valence-corrected chi connectivity index (χ1v) is 6.02. The molecule has 2 rings (SSSR count). The van der Waals surface area contributed by atoms with Gasteiger partial charge in [0.1, 0.15) is 11.6 Å². The number of nitrogens with two attached hydrogens (primary N) is 1. The maximum absolute atomic E-state index is 13.7. The maximum Gasteiger partial charge on any atom is 0.258 e. The summed E-state index contributed by atoms with van der Waals surface area (Å²) in [6, 6.07) is 9.28. The van der Waals surface area contributed by atoms with Crippen LogP contribution in [0, 0.1) is 12.7 Å². The summed E-state index contributed by atoms with van der Waals surface area (Å²) in [5.74, 6) is -0.555. The van der Waals surface area contributed by atoms with Gasteiger partial charge in [-0.25, -0.2) is 4.39 Å². The van der Waals surface area contributed by atoms with Crippen LogP contribution in [-0.4, -0.2) is 13.0 Å². The Labute approximate surface area is 116 Å². The Morgan fingerprint density at radius 2 is 2.00 bits per heavy atom. The normalized spacial score (nSPS) is 10.2. The number of aryl methyl sites for hydroxylation is 1. The van der Waals surface area contributed by atoms with Gasteiger partial charge < -0.3 is 15.8 Å². The summed E-state index contributed by atoms with van der Waals surface area (Å²) < 4.78 is 18.7. The molecule has 0 unspecified atom stereocenters. The number of hydrogen-bond donors (Lipinski definition) is 2. The molecular formula is C15H15FN2O2. The third kappa shape index (κ3) is 2.88. The molecule has 0 aliphatic rings. The molecule has 0 aliphatic heterocycles. The van der Waals surface area contributed by atoms with E-state index in [0.29, 0.717) is 17.1 Å². The molecule has 20 heavy (non-hydrogen) atoms. The molecular weight excluding hydrogens is 259 g/mol. The number of ether oxygens (including phenoxy) is 1. The number of hydrogen-bond acceptors (Lipinski definition) is 3. The molecule has 5 heteroatoms. The standard InChI is InChI=1S/C15H15FN2O2/c1-9-3-5-11(12(16)7-9)15(19)18-10-4-6-14(20-2)13(17)8-10/h3-8H,17H2,1-2H3,(H,18,19). The quantitative estimate of drug-likeness (QED) is 0.846. The van der Waals surface area contributed by atoms with Crippen molar-refractivity contribution in [1.82, 2.24) is 0 Å². The van der Waals surface area contributed by atoms with E-state index in [0.717, 1.165) is 5.56 Å². The monoisotopic (exact) mass is 274 g/mol. The van der Waals surface area contributed by atoms with Gasteiger partial charge in [0.25, 0.3) is 5.91 Å². The predicted molar refractivity (Wildman–Crippen MR) is 76.5 cm³/mol. The fourth-order valence-electron chi connectivity index (χ4n) is 1.81. The van der Waals surface area contributed by atoms with Crippen molar-refractivity contribution < 1.29 is 13.9 Å². The van der Waals surface area contributed by atoms with Gasteiger partial charge in [-0.3, -0.25) is 4.79 Å². The smallest absolute Gasteiger partial charge is 0.258 e. The van der Waals surface area contributed by atoms with Gasteiger partial charge in [-0.05, 0) is 42.8 Å². The molecule has 0 saturated carbocycles.